The molecule has 2 N–H and O–H groups in total. The Bertz CT molecular complexity index is 263. The van der Waals surface area contributed by atoms with Gasteiger partial charge in [-0.05, 0) is 25.8 Å². The highest BCUT2D eigenvalue weighted by Gasteiger charge is 2.04. The van der Waals surface area contributed by atoms with Gasteiger partial charge in [-0.3, -0.25) is 0 Å². The van der Waals surface area contributed by atoms with E-state index in [1.807, 2.05) is 0 Å². The van der Waals surface area contributed by atoms with Gasteiger partial charge in [0.05, 0.1) is 0 Å². The van der Waals surface area contributed by atoms with Crippen molar-refractivity contribution in [1.82, 2.24) is 0 Å². The molecule has 0 bridgehead atoms. The van der Waals surface area contributed by atoms with Crippen molar-refractivity contribution in [1.29, 1.82) is 0 Å². The lowest BCUT2D eigenvalue weighted by Crippen LogP contribution is -2.10. The van der Waals surface area contributed by atoms with Gasteiger partial charge in [0.15, 0.2) is 0 Å². The molecule has 0 saturated heterocycles. The predicted molar refractivity (Wildman–Crippen MR) is 65.0 cm³/mol. The number of hydrogen-bond acceptors (Lipinski definition) is 1. The van der Waals surface area contributed by atoms with Gasteiger partial charge in [-0.2, -0.15) is 0 Å². The lowest BCUT2D eigenvalue weighted by Gasteiger charge is -2.12. The van der Waals surface area contributed by atoms with Crippen molar-refractivity contribution in [2.24, 2.45) is 5.73 Å². The van der Waals surface area contributed by atoms with Crippen LogP contribution in [0.25, 0.3) is 0 Å². The molecule has 1 aromatic carbocycles. The highest BCUT2D eigenvalue weighted by atomic mass is 35.5. The van der Waals surface area contributed by atoms with E-state index in [9.17, 15) is 0 Å². The number of benzene rings is 1. The summed E-state index contributed by atoms with van der Waals surface area (Å²) < 4.78 is 0. The molecular formula is C12H20ClN. The second kappa shape index (κ2) is 6.05. The van der Waals surface area contributed by atoms with Gasteiger partial charge in [0.25, 0.3) is 0 Å². The van der Waals surface area contributed by atoms with Gasteiger partial charge in [-0.25, -0.2) is 0 Å². The molecule has 80 valence electrons. The van der Waals surface area contributed by atoms with Crippen LogP contribution in [0.5, 0.6) is 0 Å². The largest absolute Gasteiger partial charge is 0.324 e. The Labute approximate surface area is 93.1 Å². The molecule has 0 saturated carbocycles. The van der Waals surface area contributed by atoms with Crippen LogP contribution >= 0.6 is 12.4 Å². The molecular weight excluding hydrogens is 194 g/mol. The Morgan fingerprint density at radius 3 is 2.07 bits per heavy atom. The third-order valence-corrected chi connectivity index (χ3v) is 2.27. The topological polar surface area (TPSA) is 26.0 Å². The summed E-state index contributed by atoms with van der Waals surface area (Å²) in [4.78, 5) is 0. The van der Waals surface area contributed by atoms with Crippen LogP contribution in [-0.4, -0.2) is 0 Å². The van der Waals surface area contributed by atoms with Gasteiger partial charge in [0.1, 0.15) is 0 Å². The zero-order chi connectivity index (χ0) is 9.84. The Hall–Kier alpha value is -0.530. The molecule has 0 radical (unpaired) electrons. The van der Waals surface area contributed by atoms with Crippen molar-refractivity contribution in [3.8, 4) is 0 Å². The molecule has 14 heavy (non-hydrogen) atoms. The molecule has 1 atom stereocenters. The van der Waals surface area contributed by atoms with Gasteiger partial charge in [-0.1, -0.05) is 42.7 Å². The lowest BCUT2D eigenvalue weighted by molar-refractivity contribution is 0.637. The van der Waals surface area contributed by atoms with Crippen molar-refractivity contribution >= 4 is 12.4 Å². The van der Waals surface area contributed by atoms with Crippen LogP contribution in [0.1, 0.15) is 42.5 Å². The van der Waals surface area contributed by atoms with E-state index in [-0.39, 0.29) is 18.4 Å². The summed E-state index contributed by atoms with van der Waals surface area (Å²) >= 11 is 0. The van der Waals surface area contributed by atoms with Gasteiger partial charge in [0, 0.05) is 6.04 Å². The van der Waals surface area contributed by atoms with Crippen LogP contribution in [0.15, 0.2) is 18.2 Å². The van der Waals surface area contributed by atoms with E-state index >= 15 is 0 Å². The molecule has 1 nitrogen and oxygen atoms in total. The Morgan fingerprint density at radius 1 is 1.14 bits per heavy atom. The highest BCUT2D eigenvalue weighted by molar-refractivity contribution is 5.85. The fourth-order valence-electron chi connectivity index (χ4n) is 1.70. The first-order chi connectivity index (χ1) is 6.13. The fourth-order valence-corrected chi connectivity index (χ4v) is 1.70. The number of halogens is 1. The summed E-state index contributed by atoms with van der Waals surface area (Å²) in [6.07, 6.45) is 2.22. The SMILES string of the molecule is CCC[C@H](N)c1cc(C)cc(C)c1.Cl. The van der Waals surface area contributed by atoms with Crippen molar-refractivity contribution in [3.05, 3.63) is 34.9 Å². The van der Waals surface area contributed by atoms with E-state index in [0.29, 0.717) is 0 Å². The number of nitrogens with two attached hydrogens (primary N) is 1. The summed E-state index contributed by atoms with van der Waals surface area (Å²) in [5.74, 6) is 0. The average Bonchev–Trinajstić information content (AvgIpc) is 2.03. The fraction of sp³-hybridized carbons (Fsp3) is 0.500. The van der Waals surface area contributed by atoms with E-state index < -0.39 is 0 Å². The maximum atomic E-state index is 6.04. The van der Waals surface area contributed by atoms with Crippen molar-refractivity contribution in [2.45, 2.75) is 39.7 Å². The van der Waals surface area contributed by atoms with Crippen LogP contribution in [0.2, 0.25) is 0 Å². The summed E-state index contributed by atoms with van der Waals surface area (Å²) in [6, 6.07) is 6.77. The molecule has 0 aromatic heterocycles. The van der Waals surface area contributed by atoms with E-state index in [0.717, 1.165) is 12.8 Å². The van der Waals surface area contributed by atoms with Crippen LogP contribution in [-0.2, 0) is 0 Å². The van der Waals surface area contributed by atoms with E-state index in [1.54, 1.807) is 0 Å². The van der Waals surface area contributed by atoms with Gasteiger partial charge >= 0.3 is 0 Å². The van der Waals surface area contributed by atoms with Gasteiger partial charge in [0.2, 0.25) is 0 Å². The minimum absolute atomic E-state index is 0. The van der Waals surface area contributed by atoms with Crippen LogP contribution < -0.4 is 5.73 Å². The molecule has 0 unspecified atom stereocenters. The highest BCUT2D eigenvalue weighted by Crippen LogP contribution is 2.18. The summed E-state index contributed by atoms with van der Waals surface area (Å²) in [5.41, 5.74) is 9.93. The van der Waals surface area contributed by atoms with E-state index in [4.69, 9.17) is 5.73 Å². The number of aryl methyl sites for hydroxylation is 2. The quantitative estimate of drug-likeness (QED) is 0.817. The Morgan fingerprint density at radius 2 is 1.64 bits per heavy atom. The van der Waals surface area contributed by atoms with Crippen LogP contribution in [0, 0.1) is 13.8 Å². The zero-order valence-corrected chi connectivity index (χ0v) is 10.0. The molecule has 0 fully saturated rings. The van der Waals surface area contributed by atoms with Crippen molar-refractivity contribution in [2.75, 3.05) is 0 Å². The average molecular weight is 214 g/mol. The summed E-state index contributed by atoms with van der Waals surface area (Å²) in [6.45, 7) is 6.41. The molecule has 0 aliphatic carbocycles. The third-order valence-electron chi connectivity index (χ3n) is 2.27. The molecule has 1 rings (SSSR count). The summed E-state index contributed by atoms with van der Waals surface area (Å²) in [7, 11) is 0. The number of rotatable bonds is 3. The molecule has 2 heteroatoms. The first-order valence-electron chi connectivity index (χ1n) is 4.97. The van der Waals surface area contributed by atoms with E-state index in [1.165, 1.54) is 16.7 Å². The maximum absolute atomic E-state index is 6.04. The molecule has 0 spiro atoms. The predicted octanol–water partition coefficient (Wildman–Crippen LogP) is 3.53. The Balaban J connectivity index is 0.00000169. The standard InChI is InChI=1S/C12H19N.ClH/c1-4-5-12(13)11-7-9(2)6-10(3)8-11;/h6-8,12H,4-5,13H2,1-3H3;1H/t12-;/m0./s1. The minimum Gasteiger partial charge on any atom is -0.324 e. The molecule has 0 aliphatic heterocycles. The molecule has 0 heterocycles. The maximum Gasteiger partial charge on any atom is 0.0294 e. The van der Waals surface area contributed by atoms with Crippen LogP contribution in [0.4, 0.5) is 0 Å². The second-order valence-electron chi connectivity index (χ2n) is 3.82. The minimum atomic E-state index is 0. The normalized spacial score (nSPS) is 12.0. The molecule has 0 aliphatic rings. The first kappa shape index (κ1) is 13.5. The first-order valence-corrected chi connectivity index (χ1v) is 4.97. The van der Waals surface area contributed by atoms with Gasteiger partial charge < -0.3 is 5.73 Å². The van der Waals surface area contributed by atoms with Gasteiger partial charge in [-0.15, -0.1) is 12.4 Å². The zero-order valence-electron chi connectivity index (χ0n) is 9.21. The third kappa shape index (κ3) is 3.69. The van der Waals surface area contributed by atoms with Crippen molar-refractivity contribution < 1.29 is 0 Å². The van der Waals surface area contributed by atoms with Crippen molar-refractivity contribution in [3.63, 3.8) is 0 Å². The summed E-state index contributed by atoms with van der Waals surface area (Å²) in [5, 5.41) is 0. The van der Waals surface area contributed by atoms with E-state index in [2.05, 4.69) is 39.0 Å². The molecule has 1 aromatic rings. The Kier molecular flexibility index (Phi) is 5.82. The number of hydrogen-bond donors (Lipinski definition) is 1. The monoisotopic (exact) mass is 213 g/mol. The molecule has 0 amide bonds. The smallest absolute Gasteiger partial charge is 0.0294 e. The lowest BCUT2D eigenvalue weighted by atomic mass is 9.99. The van der Waals surface area contributed by atoms with Crippen LogP contribution in [0.3, 0.4) is 0 Å². The second-order valence-corrected chi connectivity index (χ2v) is 3.82.